The number of thioether (sulfide) groups is 1. The van der Waals surface area contributed by atoms with Gasteiger partial charge in [-0.3, -0.25) is 14.5 Å². The van der Waals surface area contributed by atoms with E-state index < -0.39 is 30.3 Å². The molecule has 0 saturated carbocycles. The van der Waals surface area contributed by atoms with Crippen molar-refractivity contribution in [3.63, 3.8) is 0 Å². The number of thiocarbonyl (C=S) groups is 1. The molecule has 0 radical (unpaired) electrons. The average molecular weight is 340 g/mol. The van der Waals surface area contributed by atoms with Crippen molar-refractivity contribution in [1.82, 2.24) is 9.47 Å². The van der Waals surface area contributed by atoms with Crippen LogP contribution < -0.4 is 0 Å². The Labute approximate surface area is 135 Å². The van der Waals surface area contributed by atoms with Crippen LogP contribution in [0.25, 0.3) is 6.08 Å². The lowest BCUT2D eigenvalue weighted by Gasteiger charge is -2.21. The van der Waals surface area contributed by atoms with Crippen molar-refractivity contribution in [2.24, 2.45) is 7.05 Å². The van der Waals surface area contributed by atoms with E-state index in [9.17, 15) is 14.4 Å². The van der Waals surface area contributed by atoms with Crippen LogP contribution in [0.15, 0.2) is 23.2 Å². The molecule has 1 amide bonds. The van der Waals surface area contributed by atoms with Crippen LogP contribution in [0, 0.1) is 0 Å². The van der Waals surface area contributed by atoms with Crippen molar-refractivity contribution in [3.8, 4) is 0 Å². The molecule has 0 spiro atoms. The van der Waals surface area contributed by atoms with Gasteiger partial charge < -0.3 is 14.8 Å². The molecule has 1 saturated heterocycles. The number of carboxylic acid groups (broad SMARTS) is 2. The van der Waals surface area contributed by atoms with E-state index >= 15 is 0 Å². The first-order valence-electron chi connectivity index (χ1n) is 6.14. The molecule has 0 bridgehead atoms. The third kappa shape index (κ3) is 3.20. The van der Waals surface area contributed by atoms with Gasteiger partial charge >= 0.3 is 11.9 Å². The molecule has 9 heteroatoms. The molecular formula is C13H12N2O5S2. The molecule has 1 aromatic heterocycles. The number of carbonyl (C=O) groups excluding carboxylic acids is 1. The van der Waals surface area contributed by atoms with Gasteiger partial charge in [-0.15, -0.1) is 0 Å². The number of aliphatic carboxylic acids is 2. The Morgan fingerprint density at radius 1 is 1.45 bits per heavy atom. The lowest BCUT2D eigenvalue weighted by molar-refractivity contribution is -0.150. The van der Waals surface area contributed by atoms with Crippen LogP contribution in [0.2, 0.25) is 0 Å². The Bertz CT molecular complexity index is 694. The second-order valence-electron chi connectivity index (χ2n) is 4.55. The highest BCUT2D eigenvalue weighted by Gasteiger charge is 2.41. The van der Waals surface area contributed by atoms with E-state index in [1.54, 1.807) is 36.0 Å². The van der Waals surface area contributed by atoms with E-state index in [1.165, 1.54) is 0 Å². The SMILES string of the molecule is Cn1cccc1/C=C1/SC(=S)N([C@H](CC(=O)O)C(=O)O)C1=O. The molecule has 22 heavy (non-hydrogen) atoms. The lowest BCUT2D eigenvalue weighted by atomic mass is 10.2. The molecular weight excluding hydrogens is 328 g/mol. The summed E-state index contributed by atoms with van der Waals surface area (Å²) in [6, 6.07) is 2.08. The second-order valence-corrected chi connectivity index (χ2v) is 6.22. The normalized spacial score (nSPS) is 18.0. The van der Waals surface area contributed by atoms with Crippen molar-refractivity contribution >= 4 is 52.2 Å². The number of nitrogens with zero attached hydrogens (tertiary/aromatic N) is 2. The van der Waals surface area contributed by atoms with Crippen molar-refractivity contribution in [2.45, 2.75) is 12.5 Å². The predicted molar refractivity (Wildman–Crippen MR) is 84.1 cm³/mol. The van der Waals surface area contributed by atoms with Gasteiger partial charge in [0.2, 0.25) is 0 Å². The van der Waals surface area contributed by atoms with Gasteiger partial charge in [0.05, 0.1) is 11.3 Å². The summed E-state index contributed by atoms with van der Waals surface area (Å²) in [6.07, 6.45) is 2.69. The molecule has 1 aliphatic heterocycles. The van der Waals surface area contributed by atoms with Gasteiger partial charge in [-0.05, 0) is 18.2 Å². The maximum Gasteiger partial charge on any atom is 0.327 e. The summed E-state index contributed by atoms with van der Waals surface area (Å²) in [5.74, 6) is -3.31. The van der Waals surface area contributed by atoms with Crippen LogP contribution in [0.5, 0.6) is 0 Å². The number of aryl methyl sites for hydroxylation is 1. The Morgan fingerprint density at radius 3 is 2.64 bits per heavy atom. The molecule has 1 aromatic rings. The van der Waals surface area contributed by atoms with Crippen molar-refractivity contribution in [3.05, 3.63) is 28.9 Å². The summed E-state index contributed by atoms with van der Waals surface area (Å²) in [5.41, 5.74) is 0.755. The third-order valence-electron chi connectivity index (χ3n) is 3.05. The fourth-order valence-electron chi connectivity index (χ4n) is 1.96. The third-order valence-corrected chi connectivity index (χ3v) is 4.38. The molecule has 2 rings (SSSR count). The van der Waals surface area contributed by atoms with Crippen molar-refractivity contribution in [1.29, 1.82) is 0 Å². The summed E-state index contributed by atoms with van der Waals surface area (Å²) in [6.45, 7) is 0. The van der Waals surface area contributed by atoms with Crippen LogP contribution in [0.1, 0.15) is 12.1 Å². The molecule has 2 N–H and O–H groups in total. The number of hydrogen-bond acceptors (Lipinski definition) is 5. The molecule has 1 fully saturated rings. The van der Waals surface area contributed by atoms with Gasteiger partial charge in [0, 0.05) is 18.9 Å². The molecule has 116 valence electrons. The van der Waals surface area contributed by atoms with Gasteiger partial charge in [0.15, 0.2) is 0 Å². The number of carbonyl (C=O) groups is 3. The molecule has 7 nitrogen and oxygen atoms in total. The Balaban J connectivity index is 2.32. The highest BCUT2D eigenvalue weighted by atomic mass is 32.2. The van der Waals surface area contributed by atoms with Gasteiger partial charge in [0.25, 0.3) is 5.91 Å². The molecule has 0 aromatic carbocycles. The number of aromatic nitrogens is 1. The standard InChI is InChI=1S/C13H12N2O5S2/c1-14-4-2-3-7(14)5-9-11(18)15(13(21)22-9)8(12(19)20)6-10(16)17/h2-5,8H,6H2,1H3,(H,16,17)(H,19,20)/b9-5+/t8-/m1/s1. The zero-order valence-electron chi connectivity index (χ0n) is 11.4. The Hall–Kier alpha value is -2.13. The smallest absolute Gasteiger partial charge is 0.327 e. The number of carboxylic acids is 2. The largest absolute Gasteiger partial charge is 0.481 e. The number of amides is 1. The zero-order chi connectivity index (χ0) is 16.4. The Morgan fingerprint density at radius 2 is 2.14 bits per heavy atom. The first-order chi connectivity index (χ1) is 10.3. The van der Waals surface area contributed by atoms with E-state index in [0.29, 0.717) is 0 Å². The van der Waals surface area contributed by atoms with Gasteiger partial charge in [0.1, 0.15) is 10.4 Å². The fraction of sp³-hybridized carbons (Fsp3) is 0.231. The molecule has 1 aliphatic rings. The van der Waals surface area contributed by atoms with Gasteiger partial charge in [-0.25, -0.2) is 4.79 Å². The van der Waals surface area contributed by atoms with Crippen LogP contribution >= 0.6 is 24.0 Å². The van der Waals surface area contributed by atoms with E-state index in [1.807, 2.05) is 0 Å². The summed E-state index contributed by atoms with van der Waals surface area (Å²) >= 11 is 6.00. The average Bonchev–Trinajstić information content (AvgIpc) is 2.93. The zero-order valence-corrected chi connectivity index (χ0v) is 13.1. The minimum atomic E-state index is -1.51. The van der Waals surface area contributed by atoms with Crippen molar-refractivity contribution < 1.29 is 24.6 Å². The minimum Gasteiger partial charge on any atom is -0.481 e. The van der Waals surface area contributed by atoms with E-state index in [4.69, 9.17) is 22.4 Å². The maximum absolute atomic E-state index is 12.4. The predicted octanol–water partition coefficient (Wildman–Crippen LogP) is 1.15. The minimum absolute atomic E-state index is 0.0408. The maximum atomic E-state index is 12.4. The van der Waals surface area contributed by atoms with Gasteiger partial charge in [-0.1, -0.05) is 24.0 Å². The van der Waals surface area contributed by atoms with Crippen molar-refractivity contribution in [2.75, 3.05) is 0 Å². The topological polar surface area (TPSA) is 99.8 Å². The van der Waals surface area contributed by atoms with Crippen LogP contribution in [-0.4, -0.2) is 47.9 Å². The quantitative estimate of drug-likeness (QED) is 0.613. The molecule has 0 unspecified atom stereocenters. The molecule has 2 heterocycles. The summed E-state index contributed by atoms with van der Waals surface area (Å²) in [5, 5.41) is 18.0. The molecule has 1 atom stereocenters. The van der Waals surface area contributed by atoms with Crippen LogP contribution in [0.3, 0.4) is 0 Å². The van der Waals surface area contributed by atoms with Crippen LogP contribution in [0.4, 0.5) is 0 Å². The van der Waals surface area contributed by atoms with E-state index in [2.05, 4.69) is 0 Å². The highest BCUT2D eigenvalue weighted by molar-refractivity contribution is 8.26. The number of rotatable bonds is 5. The summed E-state index contributed by atoms with van der Waals surface area (Å²) in [7, 11) is 1.80. The van der Waals surface area contributed by atoms with Crippen LogP contribution in [-0.2, 0) is 21.4 Å². The highest BCUT2D eigenvalue weighted by Crippen LogP contribution is 2.34. The summed E-state index contributed by atoms with van der Waals surface area (Å²) < 4.78 is 1.83. The first-order valence-corrected chi connectivity index (χ1v) is 7.36. The Kier molecular flexibility index (Phi) is 4.67. The lowest BCUT2D eigenvalue weighted by Crippen LogP contribution is -2.45. The monoisotopic (exact) mass is 340 g/mol. The second kappa shape index (κ2) is 6.32. The summed E-state index contributed by atoms with van der Waals surface area (Å²) in [4.78, 5) is 35.5. The molecule has 0 aliphatic carbocycles. The van der Waals surface area contributed by atoms with E-state index in [0.717, 1.165) is 22.4 Å². The van der Waals surface area contributed by atoms with E-state index in [-0.39, 0.29) is 9.23 Å². The first kappa shape index (κ1) is 16.2. The number of hydrogen-bond donors (Lipinski definition) is 2. The fourth-order valence-corrected chi connectivity index (χ4v) is 3.30. The van der Waals surface area contributed by atoms with Gasteiger partial charge in [-0.2, -0.15) is 0 Å².